The molecule has 0 amide bonds. The fraction of sp³-hybridized carbons (Fsp3) is 0.200. The number of halogens is 1. The molecule has 0 spiro atoms. The number of carbonyl (C=O) groups is 2. The molecule has 0 fully saturated rings. The van der Waals surface area contributed by atoms with Crippen LogP contribution in [-0.2, 0) is 4.79 Å². The normalized spacial score (nSPS) is 12.1. The summed E-state index contributed by atoms with van der Waals surface area (Å²) in [6.45, 7) is 0. The highest BCUT2D eigenvalue weighted by atomic mass is 79.9. The topological polar surface area (TPSA) is 80.4 Å². The van der Waals surface area contributed by atoms with Crippen LogP contribution >= 0.6 is 15.9 Å². The van der Waals surface area contributed by atoms with E-state index in [1.165, 1.54) is 0 Å². The first-order chi connectivity index (χ1) is 7.00. The minimum atomic E-state index is -1.17. The number of aliphatic carboxylic acids is 1. The maximum atomic E-state index is 11.5. The second-order valence-corrected chi connectivity index (χ2v) is 3.99. The molecule has 0 unspecified atom stereocenters. The number of carboxylic acids is 1. The lowest BCUT2D eigenvalue weighted by atomic mass is 10.0. The molecule has 80 valence electrons. The Bertz CT molecular complexity index is 375. The summed E-state index contributed by atoms with van der Waals surface area (Å²) in [7, 11) is 0. The lowest BCUT2D eigenvalue weighted by Gasteiger charge is -2.05. The molecule has 0 aliphatic rings. The van der Waals surface area contributed by atoms with Gasteiger partial charge in [-0.3, -0.25) is 9.59 Å². The summed E-state index contributed by atoms with van der Waals surface area (Å²) in [5.74, 6) is -1.43. The molecule has 0 radical (unpaired) electrons. The lowest BCUT2D eigenvalue weighted by molar-refractivity contribution is -0.138. The Morgan fingerprint density at radius 2 is 1.87 bits per heavy atom. The van der Waals surface area contributed by atoms with Gasteiger partial charge >= 0.3 is 5.97 Å². The van der Waals surface area contributed by atoms with Crippen molar-refractivity contribution in [2.24, 2.45) is 5.73 Å². The van der Waals surface area contributed by atoms with Gasteiger partial charge in [0.2, 0.25) is 0 Å². The van der Waals surface area contributed by atoms with E-state index in [1.54, 1.807) is 24.3 Å². The number of hydrogen-bond donors (Lipinski definition) is 2. The molecule has 1 aromatic rings. The van der Waals surface area contributed by atoms with Crippen LogP contribution in [0.15, 0.2) is 28.7 Å². The van der Waals surface area contributed by atoms with Crippen LogP contribution in [0.4, 0.5) is 0 Å². The number of Topliss-reactive ketones (excluding diaryl/α,β-unsaturated/α-hetero) is 1. The molecule has 1 rings (SSSR count). The van der Waals surface area contributed by atoms with Crippen molar-refractivity contribution < 1.29 is 14.7 Å². The second-order valence-electron chi connectivity index (χ2n) is 3.08. The van der Waals surface area contributed by atoms with Crippen LogP contribution in [0.2, 0.25) is 0 Å². The molecule has 0 aromatic heterocycles. The first kappa shape index (κ1) is 11.9. The molecule has 4 nitrogen and oxygen atoms in total. The summed E-state index contributed by atoms with van der Waals surface area (Å²) < 4.78 is 0.863. The molecule has 0 aliphatic carbocycles. The molecule has 0 saturated carbocycles. The number of ketones is 1. The van der Waals surface area contributed by atoms with Gasteiger partial charge in [-0.05, 0) is 12.1 Å². The highest BCUT2D eigenvalue weighted by Crippen LogP contribution is 2.12. The third kappa shape index (κ3) is 3.45. The van der Waals surface area contributed by atoms with Gasteiger partial charge in [-0.1, -0.05) is 28.1 Å². The molecule has 5 heteroatoms. The molecule has 3 N–H and O–H groups in total. The predicted octanol–water partition coefficient (Wildman–Crippen LogP) is 1.43. The summed E-state index contributed by atoms with van der Waals surface area (Å²) in [6, 6.07) is 5.56. The standard InChI is InChI=1S/C10H10BrNO3/c11-7-3-1-6(2-4-7)9(13)5-8(12)10(14)15/h1-4,8H,5,12H2,(H,14,15)/t8-/m0/s1. The third-order valence-corrected chi connectivity index (χ3v) is 2.42. The minimum absolute atomic E-state index is 0.184. The van der Waals surface area contributed by atoms with E-state index in [4.69, 9.17) is 10.8 Å². The Balaban J connectivity index is 2.69. The highest BCUT2D eigenvalue weighted by molar-refractivity contribution is 9.10. The van der Waals surface area contributed by atoms with Crippen molar-refractivity contribution in [2.45, 2.75) is 12.5 Å². The smallest absolute Gasteiger partial charge is 0.320 e. The maximum absolute atomic E-state index is 11.5. The van der Waals surface area contributed by atoms with Crippen molar-refractivity contribution in [1.29, 1.82) is 0 Å². The van der Waals surface area contributed by atoms with Crippen LogP contribution in [0.25, 0.3) is 0 Å². The summed E-state index contributed by atoms with van der Waals surface area (Å²) in [5, 5.41) is 8.54. The Hall–Kier alpha value is -1.20. The van der Waals surface area contributed by atoms with Crippen molar-refractivity contribution in [3.8, 4) is 0 Å². The monoisotopic (exact) mass is 271 g/mol. The molecule has 1 atom stereocenters. The Morgan fingerprint density at radius 1 is 1.33 bits per heavy atom. The number of nitrogens with two attached hydrogens (primary N) is 1. The summed E-state index contributed by atoms with van der Waals surface area (Å²) >= 11 is 3.24. The van der Waals surface area contributed by atoms with Gasteiger partial charge in [0.15, 0.2) is 5.78 Å². The van der Waals surface area contributed by atoms with Crippen molar-refractivity contribution in [3.63, 3.8) is 0 Å². The van der Waals surface area contributed by atoms with Gasteiger partial charge in [-0.15, -0.1) is 0 Å². The van der Waals surface area contributed by atoms with E-state index in [1.807, 2.05) is 0 Å². The van der Waals surface area contributed by atoms with E-state index in [0.29, 0.717) is 5.56 Å². The first-order valence-corrected chi connectivity index (χ1v) is 5.07. The Morgan fingerprint density at radius 3 is 2.33 bits per heavy atom. The average molecular weight is 272 g/mol. The van der Waals surface area contributed by atoms with Gasteiger partial charge in [0, 0.05) is 16.5 Å². The van der Waals surface area contributed by atoms with E-state index in [-0.39, 0.29) is 12.2 Å². The van der Waals surface area contributed by atoms with Crippen LogP contribution < -0.4 is 5.73 Å². The number of carbonyl (C=O) groups excluding carboxylic acids is 1. The van der Waals surface area contributed by atoms with E-state index in [0.717, 1.165) is 4.47 Å². The maximum Gasteiger partial charge on any atom is 0.320 e. The number of rotatable bonds is 4. The van der Waals surface area contributed by atoms with E-state index < -0.39 is 12.0 Å². The van der Waals surface area contributed by atoms with Crippen molar-refractivity contribution in [2.75, 3.05) is 0 Å². The van der Waals surface area contributed by atoms with Gasteiger partial charge in [0.05, 0.1) is 0 Å². The highest BCUT2D eigenvalue weighted by Gasteiger charge is 2.17. The summed E-state index contributed by atoms with van der Waals surface area (Å²) in [5.41, 5.74) is 5.72. The number of hydrogen-bond acceptors (Lipinski definition) is 3. The third-order valence-electron chi connectivity index (χ3n) is 1.89. The van der Waals surface area contributed by atoms with E-state index >= 15 is 0 Å². The fourth-order valence-corrected chi connectivity index (χ4v) is 1.31. The van der Waals surface area contributed by atoms with Gasteiger partial charge in [0.1, 0.15) is 6.04 Å². The van der Waals surface area contributed by atoms with Crippen molar-refractivity contribution in [3.05, 3.63) is 34.3 Å². The van der Waals surface area contributed by atoms with Crippen molar-refractivity contribution >= 4 is 27.7 Å². The number of carboxylic acid groups (broad SMARTS) is 1. The van der Waals surface area contributed by atoms with Gasteiger partial charge in [-0.25, -0.2) is 0 Å². The molecule has 0 aliphatic heterocycles. The molecule has 0 saturated heterocycles. The van der Waals surface area contributed by atoms with Crippen LogP contribution in [0.1, 0.15) is 16.8 Å². The van der Waals surface area contributed by atoms with Crippen molar-refractivity contribution in [1.82, 2.24) is 0 Å². The minimum Gasteiger partial charge on any atom is -0.480 e. The lowest BCUT2D eigenvalue weighted by Crippen LogP contribution is -2.32. The molecule has 1 aromatic carbocycles. The average Bonchev–Trinajstić information content (AvgIpc) is 2.18. The number of benzene rings is 1. The van der Waals surface area contributed by atoms with Crippen LogP contribution in [0, 0.1) is 0 Å². The molecule has 0 heterocycles. The molecular weight excluding hydrogens is 262 g/mol. The fourth-order valence-electron chi connectivity index (χ4n) is 1.04. The molecular formula is C10H10BrNO3. The van der Waals surface area contributed by atoms with E-state index in [2.05, 4.69) is 15.9 Å². The predicted molar refractivity (Wildman–Crippen MR) is 58.7 cm³/mol. The van der Waals surface area contributed by atoms with Gasteiger partial charge in [0.25, 0.3) is 0 Å². The zero-order chi connectivity index (χ0) is 11.4. The summed E-state index contributed by atoms with van der Waals surface area (Å²) in [4.78, 5) is 21.9. The zero-order valence-corrected chi connectivity index (χ0v) is 9.40. The quantitative estimate of drug-likeness (QED) is 0.812. The molecule has 0 bridgehead atoms. The largest absolute Gasteiger partial charge is 0.480 e. The van der Waals surface area contributed by atoms with Crippen LogP contribution in [-0.4, -0.2) is 22.9 Å². The van der Waals surface area contributed by atoms with E-state index in [9.17, 15) is 9.59 Å². The van der Waals surface area contributed by atoms with Gasteiger partial charge < -0.3 is 10.8 Å². The van der Waals surface area contributed by atoms with Crippen LogP contribution in [0.3, 0.4) is 0 Å². The van der Waals surface area contributed by atoms with Gasteiger partial charge in [-0.2, -0.15) is 0 Å². The Labute approximate surface area is 95.2 Å². The summed E-state index contributed by atoms with van der Waals surface area (Å²) in [6.07, 6.45) is -0.184. The zero-order valence-electron chi connectivity index (χ0n) is 7.81. The second kappa shape index (κ2) is 5.04. The SMILES string of the molecule is N[C@@H](CC(=O)c1ccc(Br)cc1)C(=O)O. The first-order valence-electron chi connectivity index (χ1n) is 4.28. The molecule has 15 heavy (non-hydrogen) atoms. The Kier molecular flexibility index (Phi) is 3.99. The van der Waals surface area contributed by atoms with Crippen LogP contribution in [0.5, 0.6) is 0 Å².